The zero-order chi connectivity index (χ0) is 30.0. The van der Waals surface area contributed by atoms with E-state index < -0.39 is 23.0 Å². The van der Waals surface area contributed by atoms with E-state index >= 15 is 0 Å². The third kappa shape index (κ3) is 6.90. The number of carbonyl (C=O) groups excluding carboxylic acids is 2. The second-order valence-corrected chi connectivity index (χ2v) is 12.0. The van der Waals surface area contributed by atoms with Crippen LogP contribution in [0.5, 0.6) is 0 Å². The van der Waals surface area contributed by atoms with E-state index in [0.29, 0.717) is 28.8 Å². The second kappa shape index (κ2) is 11.5. The van der Waals surface area contributed by atoms with Gasteiger partial charge >= 0.3 is 11.9 Å². The molecule has 3 aromatic rings. The maximum Gasteiger partial charge on any atom is 0.338 e. The van der Waals surface area contributed by atoms with Crippen LogP contribution in [0, 0.1) is 31.6 Å². The van der Waals surface area contributed by atoms with Gasteiger partial charge in [-0.3, -0.25) is 14.2 Å². The number of hydrogen-bond donors (Lipinski definition) is 0. The van der Waals surface area contributed by atoms with E-state index in [2.05, 4.69) is 10.9 Å². The van der Waals surface area contributed by atoms with Crippen LogP contribution in [-0.2, 0) is 21.0 Å². The second-order valence-electron chi connectivity index (χ2n) is 12.0. The van der Waals surface area contributed by atoms with Crippen LogP contribution in [0.25, 0.3) is 10.9 Å². The lowest BCUT2D eigenvalue weighted by atomic mass is 9.97. The van der Waals surface area contributed by atoms with Crippen molar-refractivity contribution in [1.82, 2.24) is 9.55 Å². The molecule has 0 aliphatic carbocycles. The van der Waals surface area contributed by atoms with Gasteiger partial charge in [0.25, 0.3) is 5.56 Å². The lowest BCUT2D eigenvalue weighted by Gasteiger charge is -2.31. The van der Waals surface area contributed by atoms with Crippen molar-refractivity contribution in [2.24, 2.45) is 5.41 Å². The molecule has 8 heteroatoms. The highest BCUT2D eigenvalue weighted by atomic mass is 16.6. The third-order valence-electron chi connectivity index (χ3n) is 6.48. The summed E-state index contributed by atoms with van der Waals surface area (Å²) in [6.07, 6.45) is 5.74. The number of nitrogens with zero attached hydrogens (tertiary/aromatic N) is 3. The highest BCUT2D eigenvalue weighted by Gasteiger charge is 2.25. The highest BCUT2D eigenvalue weighted by Crippen LogP contribution is 2.31. The summed E-state index contributed by atoms with van der Waals surface area (Å²) in [6, 6.07) is 10.6. The van der Waals surface area contributed by atoms with Crippen LogP contribution in [0.2, 0.25) is 0 Å². The minimum absolute atomic E-state index is 0.208. The van der Waals surface area contributed by atoms with E-state index in [1.165, 1.54) is 4.57 Å². The fraction of sp³-hybridized carbons (Fsp3) is 0.438. The summed E-state index contributed by atoms with van der Waals surface area (Å²) in [5, 5.41) is 0.422. The van der Waals surface area contributed by atoms with Crippen molar-refractivity contribution in [3.63, 3.8) is 0 Å². The standard InChI is InChI=1S/C32H39N3O5/c1-11-16-34(24-14-12-23(13-15-24)29(37)40-32(8,9)10)21(3)25-18-26-27(17-20(25)2)33-22(4)35(28(26)36)19-39-30(38)31(5,6)7/h1,12-15,17-18,21H,16,19H2,2-10H3. The van der Waals surface area contributed by atoms with Crippen molar-refractivity contribution in [1.29, 1.82) is 0 Å². The van der Waals surface area contributed by atoms with E-state index in [0.717, 1.165) is 16.8 Å². The number of hydrogen-bond acceptors (Lipinski definition) is 7. The van der Waals surface area contributed by atoms with Crippen LogP contribution in [0.4, 0.5) is 5.69 Å². The summed E-state index contributed by atoms with van der Waals surface area (Å²) in [6.45, 7) is 16.5. The van der Waals surface area contributed by atoms with Gasteiger partial charge in [-0.25, -0.2) is 9.78 Å². The molecule has 1 atom stereocenters. The quantitative estimate of drug-likeness (QED) is 0.277. The van der Waals surface area contributed by atoms with E-state index in [1.54, 1.807) is 39.8 Å². The van der Waals surface area contributed by atoms with Crippen molar-refractivity contribution < 1.29 is 19.1 Å². The molecule has 8 nitrogen and oxygen atoms in total. The number of rotatable bonds is 7. The lowest BCUT2D eigenvalue weighted by molar-refractivity contribution is -0.157. The average molecular weight is 546 g/mol. The van der Waals surface area contributed by atoms with Crippen molar-refractivity contribution >= 4 is 28.5 Å². The highest BCUT2D eigenvalue weighted by molar-refractivity contribution is 5.90. The topological polar surface area (TPSA) is 90.7 Å². The molecule has 0 N–H and O–H groups in total. The first-order valence-corrected chi connectivity index (χ1v) is 13.3. The van der Waals surface area contributed by atoms with Gasteiger partial charge in [-0.15, -0.1) is 6.42 Å². The number of terminal acetylenes is 1. The SMILES string of the molecule is C#CCN(c1ccc(C(=O)OC(C)(C)C)cc1)C(C)c1cc2c(=O)n(COC(=O)C(C)(C)C)c(C)nc2cc1C. The number of anilines is 1. The van der Waals surface area contributed by atoms with E-state index in [1.807, 2.05) is 63.8 Å². The van der Waals surface area contributed by atoms with E-state index in [-0.39, 0.29) is 18.3 Å². The first kappa shape index (κ1) is 30.4. The maximum atomic E-state index is 13.5. The number of carbonyl (C=O) groups is 2. The Kier molecular flexibility index (Phi) is 8.78. The molecule has 0 bridgehead atoms. The number of aryl methyl sites for hydroxylation is 2. The number of benzene rings is 2. The summed E-state index contributed by atoms with van der Waals surface area (Å²) in [4.78, 5) is 44.9. The minimum Gasteiger partial charge on any atom is -0.456 e. The Labute approximate surface area is 236 Å². The molecule has 2 aromatic carbocycles. The van der Waals surface area contributed by atoms with Gasteiger partial charge in [0.15, 0.2) is 6.73 Å². The van der Waals surface area contributed by atoms with Crippen LogP contribution in [-0.4, -0.2) is 33.6 Å². The van der Waals surface area contributed by atoms with Crippen molar-refractivity contribution in [2.75, 3.05) is 11.4 Å². The monoisotopic (exact) mass is 545 g/mol. The molecule has 3 rings (SSSR count). The van der Waals surface area contributed by atoms with Crippen molar-refractivity contribution in [3.8, 4) is 12.3 Å². The van der Waals surface area contributed by atoms with Crippen LogP contribution < -0.4 is 10.5 Å². The fourth-order valence-corrected chi connectivity index (χ4v) is 4.29. The Morgan fingerprint density at radius 2 is 1.70 bits per heavy atom. The zero-order valence-electron chi connectivity index (χ0n) is 24.9. The molecule has 0 amide bonds. The number of ether oxygens (including phenoxy) is 2. The summed E-state index contributed by atoms with van der Waals surface area (Å²) < 4.78 is 12.2. The van der Waals surface area contributed by atoms with Crippen LogP contribution in [0.15, 0.2) is 41.2 Å². The average Bonchev–Trinajstić information content (AvgIpc) is 2.85. The molecule has 0 spiro atoms. The number of fused-ring (bicyclic) bond motifs is 1. The summed E-state index contributed by atoms with van der Waals surface area (Å²) in [7, 11) is 0. The molecule has 0 radical (unpaired) electrons. The minimum atomic E-state index is -0.687. The largest absolute Gasteiger partial charge is 0.456 e. The van der Waals surface area contributed by atoms with E-state index in [9.17, 15) is 14.4 Å². The summed E-state index contributed by atoms with van der Waals surface area (Å²) >= 11 is 0. The molecular formula is C32H39N3O5. The van der Waals surface area contributed by atoms with Gasteiger partial charge in [-0.05, 0) is 110 Å². The number of aromatic nitrogens is 2. The molecule has 212 valence electrons. The van der Waals surface area contributed by atoms with Gasteiger partial charge in [-0.1, -0.05) is 5.92 Å². The fourth-order valence-electron chi connectivity index (χ4n) is 4.29. The Morgan fingerprint density at radius 3 is 2.25 bits per heavy atom. The van der Waals surface area contributed by atoms with Gasteiger partial charge in [0.1, 0.15) is 11.4 Å². The molecule has 0 saturated carbocycles. The van der Waals surface area contributed by atoms with Crippen molar-refractivity contribution in [3.05, 3.63) is 69.3 Å². The van der Waals surface area contributed by atoms with Crippen molar-refractivity contribution in [2.45, 2.75) is 80.7 Å². The number of esters is 2. The van der Waals surface area contributed by atoms with Gasteiger partial charge in [0.05, 0.1) is 34.5 Å². The first-order valence-electron chi connectivity index (χ1n) is 13.3. The predicted octanol–water partition coefficient (Wildman–Crippen LogP) is 5.72. The van der Waals surface area contributed by atoms with Crippen LogP contribution in [0.1, 0.15) is 81.8 Å². The molecule has 1 unspecified atom stereocenters. The predicted molar refractivity (Wildman–Crippen MR) is 157 cm³/mol. The molecule has 40 heavy (non-hydrogen) atoms. The van der Waals surface area contributed by atoms with Gasteiger partial charge in [-0.2, -0.15) is 0 Å². The molecular weight excluding hydrogens is 506 g/mol. The summed E-state index contributed by atoms with van der Waals surface area (Å²) in [5.41, 5.74) is 2.13. The van der Waals surface area contributed by atoms with Crippen LogP contribution >= 0.6 is 0 Å². The maximum absolute atomic E-state index is 13.5. The molecule has 0 aliphatic heterocycles. The Morgan fingerprint density at radius 1 is 1.07 bits per heavy atom. The molecule has 1 aromatic heterocycles. The molecule has 1 heterocycles. The Hall–Kier alpha value is -4.12. The smallest absolute Gasteiger partial charge is 0.338 e. The Bertz CT molecular complexity index is 1520. The normalized spacial score (nSPS) is 12.5. The lowest BCUT2D eigenvalue weighted by Crippen LogP contribution is -2.30. The summed E-state index contributed by atoms with van der Waals surface area (Å²) in [5.74, 6) is 2.38. The van der Waals surface area contributed by atoms with E-state index in [4.69, 9.17) is 15.9 Å². The molecule has 0 aliphatic rings. The van der Waals surface area contributed by atoms with Gasteiger partial charge < -0.3 is 14.4 Å². The third-order valence-corrected chi connectivity index (χ3v) is 6.48. The first-order chi connectivity index (χ1) is 18.5. The molecule has 0 fully saturated rings. The van der Waals surface area contributed by atoms with Gasteiger partial charge in [0, 0.05) is 5.69 Å². The van der Waals surface area contributed by atoms with Crippen LogP contribution in [0.3, 0.4) is 0 Å². The van der Waals surface area contributed by atoms with Gasteiger partial charge in [0.2, 0.25) is 0 Å². The molecule has 0 saturated heterocycles. The zero-order valence-corrected chi connectivity index (χ0v) is 24.9. The Balaban J connectivity index is 1.99.